The summed E-state index contributed by atoms with van der Waals surface area (Å²) in [6.45, 7) is 1.87. The largest absolute Gasteiger partial charge is 0.431 e. The SMILES string of the molecule is Cc1ccc(S(=O)(=O)Oc2cccc(/C=N\NC(=O)CSc3nc4ccccc4o3)c2)cc1. The Labute approximate surface area is 194 Å². The molecule has 33 heavy (non-hydrogen) atoms. The first-order chi connectivity index (χ1) is 15.9. The van der Waals surface area contributed by atoms with Crippen LogP contribution in [0.25, 0.3) is 11.1 Å². The predicted molar refractivity (Wildman–Crippen MR) is 126 cm³/mol. The van der Waals surface area contributed by atoms with E-state index in [-0.39, 0.29) is 22.3 Å². The van der Waals surface area contributed by atoms with E-state index in [2.05, 4.69) is 15.5 Å². The Balaban J connectivity index is 1.32. The van der Waals surface area contributed by atoms with E-state index in [0.29, 0.717) is 16.4 Å². The van der Waals surface area contributed by atoms with Gasteiger partial charge in [0.2, 0.25) is 0 Å². The number of hydrogen-bond acceptors (Lipinski definition) is 8. The highest BCUT2D eigenvalue weighted by Crippen LogP contribution is 2.23. The zero-order valence-corrected chi connectivity index (χ0v) is 19.1. The van der Waals surface area contributed by atoms with Crippen LogP contribution in [0.3, 0.4) is 0 Å². The van der Waals surface area contributed by atoms with Crippen LogP contribution in [-0.2, 0) is 14.9 Å². The summed E-state index contributed by atoms with van der Waals surface area (Å²) >= 11 is 1.16. The van der Waals surface area contributed by atoms with Crippen LogP contribution < -0.4 is 9.61 Å². The maximum absolute atomic E-state index is 12.4. The molecular weight excluding hydrogens is 462 g/mol. The molecule has 0 fully saturated rings. The molecule has 3 aromatic carbocycles. The van der Waals surface area contributed by atoms with E-state index in [4.69, 9.17) is 8.60 Å². The van der Waals surface area contributed by atoms with Crippen LogP contribution in [0, 0.1) is 6.92 Å². The van der Waals surface area contributed by atoms with Gasteiger partial charge in [-0.05, 0) is 48.9 Å². The quantitative estimate of drug-likeness (QED) is 0.174. The maximum atomic E-state index is 12.4. The molecule has 1 aromatic heterocycles. The van der Waals surface area contributed by atoms with Crippen molar-refractivity contribution in [2.75, 3.05) is 5.75 Å². The highest BCUT2D eigenvalue weighted by Gasteiger charge is 2.16. The summed E-state index contributed by atoms with van der Waals surface area (Å²) in [6.07, 6.45) is 1.40. The van der Waals surface area contributed by atoms with Crippen LogP contribution in [0.15, 0.2) is 92.4 Å². The number of para-hydroxylation sites is 2. The molecule has 0 aliphatic heterocycles. The van der Waals surface area contributed by atoms with Gasteiger partial charge in [-0.25, -0.2) is 10.4 Å². The second kappa shape index (κ2) is 9.88. The molecule has 0 atom stereocenters. The van der Waals surface area contributed by atoms with Crippen molar-refractivity contribution in [3.05, 3.63) is 83.9 Å². The number of amides is 1. The lowest BCUT2D eigenvalue weighted by molar-refractivity contribution is -0.118. The third-order valence-corrected chi connectivity index (χ3v) is 6.47. The minimum atomic E-state index is -3.96. The van der Waals surface area contributed by atoms with E-state index in [1.165, 1.54) is 30.5 Å². The number of nitrogens with zero attached hydrogens (tertiary/aromatic N) is 2. The normalized spacial score (nSPS) is 11.7. The molecule has 0 radical (unpaired) electrons. The number of aromatic nitrogens is 1. The number of thioether (sulfide) groups is 1. The number of benzene rings is 3. The van der Waals surface area contributed by atoms with Crippen molar-refractivity contribution in [2.24, 2.45) is 5.10 Å². The molecule has 1 amide bonds. The molecule has 4 aromatic rings. The average Bonchev–Trinajstić information content (AvgIpc) is 3.21. The predicted octanol–water partition coefficient (Wildman–Crippen LogP) is 4.15. The van der Waals surface area contributed by atoms with E-state index in [9.17, 15) is 13.2 Å². The van der Waals surface area contributed by atoms with Crippen LogP contribution >= 0.6 is 11.8 Å². The van der Waals surface area contributed by atoms with Gasteiger partial charge in [0.1, 0.15) is 16.2 Å². The zero-order chi connectivity index (χ0) is 23.3. The Hall–Kier alpha value is -3.63. The Morgan fingerprint density at radius 1 is 1.12 bits per heavy atom. The lowest BCUT2D eigenvalue weighted by Crippen LogP contribution is -2.19. The van der Waals surface area contributed by atoms with Gasteiger partial charge in [-0.3, -0.25) is 4.79 Å². The second-order valence-corrected chi connectivity index (χ2v) is 9.43. The number of hydrogen-bond donors (Lipinski definition) is 1. The number of carbonyl (C=O) groups is 1. The van der Waals surface area contributed by atoms with Gasteiger partial charge in [-0.15, -0.1) is 0 Å². The van der Waals surface area contributed by atoms with Crippen molar-refractivity contribution in [1.29, 1.82) is 0 Å². The average molecular weight is 482 g/mol. The molecule has 0 aliphatic carbocycles. The zero-order valence-electron chi connectivity index (χ0n) is 17.5. The fourth-order valence-corrected chi connectivity index (χ4v) is 4.33. The first-order valence-corrected chi connectivity index (χ1v) is 12.2. The van der Waals surface area contributed by atoms with Gasteiger partial charge in [0.15, 0.2) is 5.58 Å². The number of aryl methyl sites for hydroxylation is 1. The lowest BCUT2D eigenvalue weighted by Gasteiger charge is -2.07. The minimum absolute atomic E-state index is 0.0656. The summed E-state index contributed by atoms with van der Waals surface area (Å²) in [4.78, 5) is 16.4. The van der Waals surface area contributed by atoms with Crippen LogP contribution in [0.1, 0.15) is 11.1 Å². The number of nitrogens with one attached hydrogen (secondary N) is 1. The monoisotopic (exact) mass is 481 g/mol. The Kier molecular flexibility index (Phi) is 6.76. The van der Waals surface area contributed by atoms with Crippen LogP contribution in [-0.4, -0.2) is 31.3 Å². The van der Waals surface area contributed by atoms with Gasteiger partial charge in [0.25, 0.3) is 11.1 Å². The van der Waals surface area contributed by atoms with Crippen LogP contribution in [0.2, 0.25) is 0 Å². The molecule has 4 rings (SSSR count). The fourth-order valence-electron chi connectivity index (χ4n) is 2.78. The van der Waals surface area contributed by atoms with Gasteiger partial charge in [-0.2, -0.15) is 13.5 Å². The molecule has 8 nitrogen and oxygen atoms in total. The third-order valence-electron chi connectivity index (χ3n) is 4.38. The highest BCUT2D eigenvalue weighted by molar-refractivity contribution is 7.99. The molecule has 0 spiro atoms. The summed E-state index contributed by atoms with van der Waals surface area (Å²) in [5.41, 5.74) is 5.30. The smallest absolute Gasteiger partial charge is 0.339 e. The highest BCUT2D eigenvalue weighted by atomic mass is 32.2. The van der Waals surface area contributed by atoms with Gasteiger partial charge in [-0.1, -0.05) is 53.7 Å². The van der Waals surface area contributed by atoms with E-state index in [1.807, 2.05) is 25.1 Å². The number of oxazole rings is 1. The van der Waals surface area contributed by atoms with Crippen molar-refractivity contribution < 1.29 is 21.8 Å². The number of carbonyl (C=O) groups excluding carboxylic acids is 1. The third kappa shape index (κ3) is 5.99. The molecule has 0 bridgehead atoms. The van der Waals surface area contributed by atoms with Crippen molar-refractivity contribution in [3.8, 4) is 5.75 Å². The van der Waals surface area contributed by atoms with Gasteiger partial charge in [0.05, 0.1) is 12.0 Å². The summed E-state index contributed by atoms with van der Waals surface area (Å²) in [5.74, 6) is -0.132. The van der Waals surface area contributed by atoms with E-state index in [0.717, 1.165) is 22.8 Å². The Morgan fingerprint density at radius 2 is 1.91 bits per heavy atom. The number of hydrazone groups is 1. The Morgan fingerprint density at radius 3 is 2.70 bits per heavy atom. The van der Waals surface area contributed by atoms with Crippen molar-refractivity contribution in [3.63, 3.8) is 0 Å². The molecular formula is C23H19N3O5S2. The lowest BCUT2D eigenvalue weighted by atomic mass is 10.2. The standard InChI is InChI=1S/C23H19N3O5S2/c1-16-9-11-19(12-10-16)33(28,29)31-18-6-4-5-17(13-18)14-24-26-22(27)15-32-23-25-20-7-2-3-8-21(20)30-23/h2-14H,15H2,1H3,(H,26,27)/b24-14-. The molecule has 1 N–H and O–H groups in total. The summed E-state index contributed by atoms with van der Waals surface area (Å²) < 4.78 is 35.7. The topological polar surface area (TPSA) is 111 Å². The molecule has 0 aliphatic rings. The number of rotatable bonds is 8. The minimum Gasteiger partial charge on any atom is -0.431 e. The number of fused-ring (bicyclic) bond motifs is 1. The van der Waals surface area contributed by atoms with E-state index < -0.39 is 10.1 Å². The first-order valence-electron chi connectivity index (χ1n) is 9.80. The van der Waals surface area contributed by atoms with Crippen molar-refractivity contribution >= 4 is 45.1 Å². The van der Waals surface area contributed by atoms with Gasteiger partial charge >= 0.3 is 10.1 Å². The van der Waals surface area contributed by atoms with Crippen LogP contribution in [0.5, 0.6) is 5.75 Å². The van der Waals surface area contributed by atoms with Gasteiger partial charge in [0, 0.05) is 0 Å². The maximum Gasteiger partial charge on any atom is 0.339 e. The van der Waals surface area contributed by atoms with Crippen molar-refractivity contribution in [1.82, 2.24) is 10.4 Å². The molecule has 10 heteroatoms. The first kappa shape index (κ1) is 22.6. The Bertz CT molecular complexity index is 1380. The molecule has 0 saturated heterocycles. The van der Waals surface area contributed by atoms with E-state index in [1.54, 1.807) is 30.3 Å². The summed E-state index contributed by atoms with van der Waals surface area (Å²) in [7, 11) is -3.96. The molecule has 0 unspecified atom stereocenters. The van der Waals surface area contributed by atoms with E-state index >= 15 is 0 Å². The molecule has 0 saturated carbocycles. The summed E-state index contributed by atoms with van der Waals surface area (Å²) in [5, 5.41) is 4.31. The molecule has 168 valence electrons. The second-order valence-electron chi connectivity index (χ2n) is 6.95. The van der Waals surface area contributed by atoms with Crippen molar-refractivity contribution in [2.45, 2.75) is 17.0 Å². The molecule has 1 heterocycles. The van der Waals surface area contributed by atoms with Crippen LogP contribution in [0.4, 0.5) is 0 Å². The van der Waals surface area contributed by atoms with Gasteiger partial charge < -0.3 is 8.60 Å². The fraction of sp³-hybridized carbons (Fsp3) is 0.0870. The summed E-state index contributed by atoms with van der Waals surface area (Å²) in [6, 6.07) is 20.1.